The molecular formula is C24H23F3N10O2. The van der Waals surface area contributed by atoms with Crippen molar-refractivity contribution in [3.63, 3.8) is 0 Å². The molecule has 5 aromatic rings. The minimum absolute atomic E-state index is 0.0227. The number of fused-ring (bicyclic) bond motifs is 2. The number of nitrogens with one attached hydrogen (secondary N) is 4. The fourth-order valence-electron chi connectivity index (χ4n) is 3.97. The summed E-state index contributed by atoms with van der Waals surface area (Å²) in [5.74, 6) is 0.291. The molecule has 15 heteroatoms. The number of ether oxygens (including phenoxy) is 1. The molecule has 0 aliphatic rings. The van der Waals surface area contributed by atoms with E-state index in [1.54, 1.807) is 31.4 Å². The van der Waals surface area contributed by atoms with Crippen molar-refractivity contribution >= 4 is 45.9 Å². The van der Waals surface area contributed by atoms with Crippen molar-refractivity contribution in [1.29, 1.82) is 0 Å². The Kier molecular flexibility index (Phi) is 6.89. The number of halogens is 3. The zero-order valence-electron chi connectivity index (χ0n) is 20.5. The molecule has 0 unspecified atom stereocenters. The highest BCUT2D eigenvalue weighted by molar-refractivity contribution is 6.07. The van der Waals surface area contributed by atoms with Crippen LogP contribution in [0.4, 0.5) is 36.4 Å². The number of carbonyl (C=O) groups is 1. The number of nitrogens with zero attached hydrogens (tertiary/aromatic N) is 5. The number of hydrogen-bond donors (Lipinski definition) is 5. The van der Waals surface area contributed by atoms with Crippen molar-refractivity contribution in [2.75, 3.05) is 43.2 Å². The average Bonchev–Trinajstić information content (AvgIpc) is 3.49. The van der Waals surface area contributed by atoms with E-state index in [4.69, 9.17) is 10.5 Å². The maximum atomic E-state index is 12.7. The topological polar surface area (TPSA) is 160 Å². The van der Waals surface area contributed by atoms with E-state index in [1.807, 2.05) is 17.4 Å². The summed E-state index contributed by atoms with van der Waals surface area (Å²) in [5, 5.41) is 12.2. The third kappa shape index (κ3) is 5.67. The summed E-state index contributed by atoms with van der Waals surface area (Å²) in [7, 11) is 1.62. The first-order valence-corrected chi connectivity index (χ1v) is 11.7. The molecule has 0 spiro atoms. The minimum atomic E-state index is -4.56. The van der Waals surface area contributed by atoms with Crippen LogP contribution < -0.4 is 21.7 Å². The van der Waals surface area contributed by atoms with Gasteiger partial charge in [-0.05, 0) is 29.8 Å². The molecule has 6 N–H and O–H groups in total. The molecule has 12 nitrogen and oxygen atoms in total. The minimum Gasteiger partial charge on any atom is -0.383 e. The Balaban J connectivity index is 1.40. The fourth-order valence-corrected chi connectivity index (χ4v) is 3.97. The third-order valence-corrected chi connectivity index (χ3v) is 5.69. The molecule has 39 heavy (non-hydrogen) atoms. The summed E-state index contributed by atoms with van der Waals surface area (Å²) < 4.78 is 44.5. The smallest absolute Gasteiger partial charge is 0.383 e. The lowest BCUT2D eigenvalue weighted by molar-refractivity contribution is -0.123. The van der Waals surface area contributed by atoms with E-state index in [2.05, 4.69) is 35.7 Å². The number of nitrogen functional groups attached to an aromatic ring is 1. The van der Waals surface area contributed by atoms with Crippen LogP contribution in [0.5, 0.6) is 0 Å². The molecule has 0 fully saturated rings. The highest BCUT2D eigenvalue weighted by Gasteiger charge is 2.29. The monoisotopic (exact) mass is 540 g/mol. The van der Waals surface area contributed by atoms with E-state index in [9.17, 15) is 18.0 Å². The molecule has 202 valence electrons. The first kappa shape index (κ1) is 25.7. The highest BCUT2D eigenvalue weighted by atomic mass is 19.4. The van der Waals surface area contributed by atoms with Crippen LogP contribution in [0.25, 0.3) is 27.8 Å². The largest absolute Gasteiger partial charge is 0.405 e. The second-order valence-electron chi connectivity index (χ2n) is 8.43. The second-order valence-corrected chi connectivity index (χ2v) is 8.43. The standard InChI is InChI=1S/C24H23F3N10O2/c1-39-9-8-29-17-7-6-16-21(35-17)36-23(34-16)33-14-4-2-13(3-5-14)18-15(22(38)30-11-24(25,26)27)10-37-19(18)20(28)31-12-32-37/h2-7,10,12H,8-9,11H2,1H3,(H,30,38)(H2,28,31,32)(H3,29,33,34,35,36). The lowest BCUT2D eigenvalue weighted by Crippen LogP contribution is -2.33. The van der Waals surface area contributed by atoms with Crippen molar-refractivity contribution in [3.8, 4) is 11.1 Å². The van der Waals surface area contributed by atoms with Gasteiger partial charge in [-0.3, -0.25) is 4.79 Å². The van der Waals surface area contributed by atoms with Crippen LogP contribution in [0.1, 0.15) is 10.4 Å². The Morgan fingerprint density at radius 3 is 2.69 bits per heavy atom. The number of anilines is 4. The molecule has 0 saturated heterocycles. The first-order valence-electron chi connectivity index (χ1n) is 11.7. The van der Waals surface area contributed by atoms with Crippen LogP contribution in [0.15, 0.2) is 48.9 Å². The van der Waals surface area contributed by atoms with Gasteiger partial charge in [0.15, 0.2) is 11.5 Å². The number of aromatic nitrogens is 6. The van der Waals surface area contributed by atoms with Gasteiger partial charge in [0.1, 0.15) is 29.7 Å². The number of rotatable bonds is 9. The number of aromatic amines is 1. The Labute approximate surface area is 218 Å². The van der Waals surface area contributed by atoms with E-state index >= 15 is 0 Å². The zero-order valence-corrected chi connectivity index (χ0v) is 20.5. The van der Waals surface area contributed by atoms with Crippen LogP contribution in [-0.2, 0) is 4.74 Å². The maximum absolute atomic E-state index is 12.7. The second kappa shape index (κ2) is 10.4. The van der Waals surface area contributed by atoms with Crippen LogP contribution >= 0.6 is 0 Å². The normalized spacial score (nSPS) is 11.7. The van der Waals surface area contributed by atoms with E-state index < -0.39 is 18.6 Å². The van der Waals surface area contributed by atoms with Gasteiger partial charge < -0.3 is 31.4 Å². The molecule has 4 aromatic heterocycles. The summed E-state index contributed by atoms with van der Waals surface area (Å²) in [5.41, 5.74) is 9.06. The molecule has 0 aliphatic heterocycles. The van der Waals surface area contributed by atoms with E-state index in [-0.39, 0.29) is 11.4 Å². The van der Waals surface area contributed by atoms with Crippen molar-refractivity contribution in [2.24, 2.45) is 0 Å². The predicted molar refractivity (Wildman–Crippen MR) is 139 cm³/mol. The maximum Gasteiger partial charge on any atom is 0.405 e. The predicted octanol–water partition coefficient (Wildman–Crippen LogP) is 3.34. The summed E-state index contributed by atoms with van der Waals surface area (Å²) in [6, 6.07) is 10.5. The molecule has 5 rings (SSSR count). The quantitative estimate of drug-likeness (QED) is 0.177. The number of imidazole rings is 1. The number of benzene rings is 1. The van der Waals surface area contributed by atoms with E-state index in [1.165, 1.54) is 17.0 Å². The molecule has 1 aromatic carbocycles. The lowest BCUT2D eigenvalue weighted by Gasteiger charge is -2.10. The SMILES string of the molecule is COCCNc1ccc2nc(Nc3ccc(-c4c(C(=O)NCC(F)(F)F)cn5ncnc(N)c45)cc3)[nH]c2n1. The van der Waals surface area contributed by atoms with E-state index in [0.29, 0.717) is 58.4 Å². The van der Waals surface area contributed by atoms with Crippen molar-refractivity contribution < 1.29 is 22.7 Å². The van der Waals surface area contributed by atoms with Gasteiger partial charge in [-0.15, -0.1) is 0 Å². The summed E-state index contributed by atoms with van der Waals surface area (Å²) in [4.78, 5) is 28.8. The Morgan fingerprint density at radius 1 is 1.15 bits per heavy atom. The van der Waals surface area contributed by atoms with Crippen LogP contribution in [0, 0.1) is 0 Å². The van der Waals surface area contributed by atoms with Gasteiger partial charge in [0, 0.05) is 31.1 Å². The number of H-pyrrole nitrogens is 1. The third-order valence-electron chi connectivity index (χ3n) is 5.69. The van der Waals surface area contributed by atoms with Gasteiger partial charge >= 0.3 is 6.18 Å². The van der Waals surface area contributed by atoms with Crippen molar-refractivity contribution in [2.45, 2.75) is 6.18 Å². The van der Waals surface area contributed by atoms with Crippen LogP contribution in [-0.4, -0.2) is 68.4 Å². The lowest BCUT2D eigenvalue weighted by atomic mass is 10.0. The summed E-state index contributed by atoms with van der Waals surface area (Å²) in [6.45, 7) is -0.316. The number of carbonyl (C=O) groups excluding carboxylic acids is 1. The highest BCUT2D eigenvalue weighted by Crippen LogP contribution is 2.33. The molecule has 0 bridgehead atoms. The molecule has 0 aliphatic carbocycles. The van der Waals surface area contributed by atoms with Gasteiger partial charge in [-0.25, -0.2) is 19.5 Å². The molecule has 0 radical (unpaired) electrons. The number of pyridine rings is 1. The fraction of sp³-hybridized carbons (Fsp3) is 0.208. The van der Waals surface area contributed by atoms with Gasteiger partial charge in [-0.2, -0.15) is 18.3 Å². The molecule has 1 amide bonds. The number of nitrogens with two attached hydrogens (primary N) is 1. The van der Waals surface area contributed by atoms with Crippen LogP contribution in [0.2, 0.25) is 0 Å². The van der Waals surface area contributed by atoms with Crippen molar-refractivity contribution in [1.82, 2.24) is 34.9 Å². The Hall–Kier alpha value is -4.92. The van der Waals surface area contributed by atoms with E-state index in [0.717, 1.165) is 0 Å². The van der Waals surface area contributed by atoms with Gasteiger partial charge in [-0.1, -0.05) is 12.1 Å². The Bertz CT molecular complexity index is 1630. The zero-order chi connectivity index (χ0) is 27.6. The molecule has 0 saturated carbocycles. The van der Waals surface area contributed by atoms with Gasteiger partial charge in [0.25, 0.3) is 5.91 Å². The molecular weight excluding hydrogens is 517 g/mol. The van der Waals surface area contributed by atoms with Gasteiger partial charge in [0.05, 0.1) is 12.2 Å². The summed E-state index contributed by atoms with van der Waals surface area (Å²) >= 11 is 0. The number of amides is 1. The number of alkyl halides is 3. The van der Waals surface area contributed by atoms with Crippen molar-refractivity contribution in [3.05, 3.63) is 54.5 Å². The average molecular weight is 541 g/mol. The summed E-state index contributed by atoms with van der Waals surface area (Å²) in [6.07, 6.45) is -2.05. The number of hydrogen-bond acceptors (Lipinski definition) is 9. The Morgan fingerprint density at radius 2 is 1.95 bits per heavy atom. The number of methoxy groups -OCH3 is 1. The van der Waals surface area contributed by atoms with Crippen LogP contribution in [0.3, 0.4) is 0 Å². The first-order chi connectivity index (χ1) is 18.7. The molecule has 4 heterocycles. The molecule has 0 atom stereocenters. The van der Waals surface area contributed by atoms with Gasteiger partial charge in [0.2, 0.25) is 5.95 Å².